The maximum Gasteiger partial charge on any atom is 0.342 e. The highest BCUT2D eigenvalue weighted by molar-refractivity contribution is 7.89. The summed E-state index contributed by atoms with van der Waals surface area (Å²) in [6, 6.07) is 0.961. The molecule has 1 aromatic rings. The molecule has 0 amide bonds. The molecule has 0 unspecified atom stereocenters. The predicted molar refractivity (Wildman–Crippen MR) is 41.6 cm³/mol. The van der Waals surface area contributed by atoms with Gasteiger partial charge in [0.2, 0.25) is 10.0 Å². The van der Waals surface area contributed by atoms with Gasteiger partial charge in [0, 0.05) is 12.3 Å². The number of rotatable bonds is 1. The molecule has 1 rings (SSSR count). The van der Waals surface area contributed by atoms with Crippen molar-refractivity contribution in [2.75, 3.05) is 6.26 Å². The highest BCUT2D eigenvalue weighted by Crippen LogP contribution is 1.82. The summed E-state index contributed by atoms with van der Waals surface area (Å²) in [6.07, 6.45) is 1.78. The average molecular weight is 190 g/mol. The minimum atomic E-state index is -3.62. The number of nitrogens with zero attached hydrogens (tertiary/aromatic N) is 1. The number of hydrogen-bond acceptors (Lipinski definition) is 4. The first-order chi connectivity index (χ1) is 5.41. The van der Waals surface area contributed by atoms with Crippen LogP contribution in [0, 0.1) is 0 Å². The van der Waals surface area contributed by atoms with Crippen molar-refractivity contribution in [3.8, 4) is 0 Å². The third kappa shape index (κ3) is 1.62. The van der Waals surface area contributed by atoms with Gasteiger partial charge >= 0.3 is 5.69 Å². The summed E-state index contributed by atoms with van der Waals surface area (Å²) < 4.78 is 22.1. The molecule has 0 fully saturated rings. The van der Waals surface area contributed by atoms with Crippen LogP contribution in [-0.4, -0.2) is 23.6 Å². The summed E-state index contributed by atoms with van der Waals surface area (Å²) in [5, 5.41) is 0. The van der Waals surface area contributed by atoms with Crippen LogP contribution in [0.3, 0.4) is 0 Å². The molecule has 6 nitrogen and oxygen atoms in total. The van der Waals surface area contributed by atoms with E-state index in [4.69, 9.17) is 0 Å². The van der Waals surface area contributed by atoms with Crippen molar-refractivity contribution in [2.45, 2.75) is 0 Å². The quantitative estimate of drug-likeness (QED) is 0.574. The molecule has 1 aromatic heterocycles. The first-order valence-electron chi connectivity index (χ1n) is 2.94. The Labute approximate surface area is 67.5 Å². The number of nitrogens with one attached hydrogen (secondary N) is 1. The van der Waals surface area contributed by atoms with E-state index in [0.29, 0.717) is 3.97 Å². The SMILES string of the molecule is CS(=O)(=O)n1ccc(=O)[nH]c1=O. The Bertz CT molecular complexity index is 495. The second-order valence-electron chi connectivity index (χ2n) is 2.17. The van der Waals surface area contributed by atoms with E-state index in [1.165, 1.54) is 0 Å². The minimum absolute atomic E-state index is 0.453. The zero-order chi connectivity index (χ0) is 9.35. The van der Waals surface area contributed by atoms with Gasteiger partial charge in [0.05, 0.1) is 6.26 Å². The van der Waals surface area contributed by atoms with Crippen LogP contribution in [0.4, 0.5) is 0 Å². The summed E-state index contributed by atoms with van der Waals surface area (Å²) in [6.45, 7) is 0. The number of H-pyrrole nitrogens is 1. The number of aromatic amines is 1. The molecule has 12 heavy (non-hydrogen) atoms. The second-order valence-corrected chi connectivity index (χ2v) is 4.03. The monoisotopic (exact) mass is 190 g/mol. The lowest BCUT2D eigenvalue weighted by Gasteiger charge is -1.98. The molecule has 66 valence electrons. The van der Waals surface area contributed by atoms with Crippen molar-refractivity contribution in [2.24, 2.45) is 0 Å². The van der Waals surface area contributed by atoms with Gasteiger partial charge in [-0.1, -0.05) is 0 Å². The predicted octanol–water partition coefficient (Wildman–Crippen LogP) is -1.66. The average Bonchev–Trinajstić information content (AvgIpc) is 1.83. The van der Waals surface area contributed by atoms with Crippen LogP contribution in [0.2, 0.25) is 0 Å². The van der Waals surface area contributed by atoms with E-state index in [0.717, 1.165) is 18.5 Å². The third-order valence-corrected chi connectivity index (χ3v) is 2.15. The van der Waals surface area contributed by atoms with Crippen molar-refractivity contribution in [3.05, 3.63) is 33.1 Å². The van der Waals surface area contributed by atoms with Gasteiger partial charge in [0.1, 0.15) is 0 Å². The van der Waals surface area contributed by atoms with E-state index in [-0.39, 0.29) is 0 Å². The van der Waals surface area contributed by atoms with Crippen LogP contribution in [0.5, 0.6) is 0 Å². The molecular formula is C5H6N2O4S. The molecule has 0 radical (unpaired) electrons. The van der Waals surface area contributed by atoms with Crippen molar-refractivity contribution in [1.29, 1.82) is 0 Å². The van der Waals surface area contributed by atoms with E-state index in [2.05, 4.69) is 0 Å². The van der Waals surface area contributed by atoms with E-state index >= 15 is 0 Å². The largest absolute Gasteiger partial charge is 0.342 e. The van der Waals surface area contributed by atoms with Crippen molar-refractivity contribution >= 4 is 10.0 Å². The first-order valence-corrected chi connectivity index (χ1v) is 4.78. The van der Waals surface area contributed by atoms with Gasteiger partial charge in [-0.2, -0.15) is 3.97 Å². The van der Waals surface area contributed by atoms with Crippen LogP contribution < -0.4 is 11.2 Å². The van der Waals surface area contributed by atoms with E-state index in [1.54, 1.807) is 0 Å². The van der Waals surface area contributed by atoms with Crippen LogP contribution in [0.1, 0.15) is 0 Å². The van der Waals surface area contributed by atoms with Crippen LogP contribution >= 0.6 is 0 Å². The summed E-state index contributed by atoms with van der Waals surface area (Å²) >= 11 is 0. The molecule has 1 heterocycles. The van der Waals surface area contributed by atoms with Crippen LogP contribution in [0.15, 0.2) is 21.9 Å². The zero-order valence-electron chi connectivity index (χ0n) is 6.14. The lowest BCUT2D eigenvalue weighted by Crippen LogP contribution is -2.32. The maximum absolute atomic E-state index is 10.8. The Morgan fingerprint density at radius 2 is 2.00 bits per heavy atom. The molecule has 0 spiro atoms. The fourth-order valence-corrected chi connectivity index (χ4v) is 1.30. The lowest BCUT2D eigenvalue weighted by molar-refractivity contribution is 0.590. The number of aromatic nitrogens is 2. The fraction of sp³-hybridized carbons (Fsp3) is 0.200. The summed E-state index contributed by atoms with van der Waals surface area (Å²) in [5.41, 5.74) is -1.58. The lowest BCUT2D eigenvalue weighted by atomic mass is 10.7. The van der Waals surface area contributed by atoms with E-state index in [9.17, 15) is 18.0 Å². The number of hydrogen-bond donors (Lipinski definition) is 1. The molecule has 1 N–H and O–H groups in total. The summed E-state index contributed by atoms with van der Waals surface area (Å²) in [7, 11) is -3.62. The normalized spacial score (nSPS) is 11.4. The molecule has 7 heteroatoms. The van der Waals surface area contributed by atoms with Gasteiger partial charge in [0.25, 0.3) is 5.56 Å². The standard InChI is InChI=1S/C5H6N2O4S/c1-12(10,11)7-3-2-4(8)6-5(7)9/h2-3H,1H3,(H,6,8,9). The van der Waals surface area contributed by atoms with Gasteiger partial charge in [-0.15, -0.1) is 0 Å². The second kappa shape index (κ2) is 2.59. The zero-order valence-corrected chi connectivity index (χ0v) is 6.96. The molecular weight excluding hydrogens is 184 g/mol. The Balaban J connectivity index is 3.61. The molecule has 0 aliphatic heterocycles. The first kappa shape index (κ1) is 8.72. The molecule has 0 saturated carbocycles. The third-order valence-electron chi connectivity index (χ3n) is 1.15. The van der Waals surface area contributed by atoms with Gasteiger partial charge in [-0.3, -0.25) is 9.78 Å². The summed E-state index contributed by atoms with van der Waals surface area (Å²) in [4.78, 5) is 23.1. The molecule has 0 atom stereocenters. The van der Waals surface area contributed by atoms with Gasteiger partial charge in [0.15, 0.2) is 0 Å². The van der Waals surface area contributed by atoms with Gasteiger partial charge in [-0.05, 0) is 0 Å². The Hall–Kier alpha value is -1.37. The Kier molecular flexibility index (Phi) is 1.89. The van der Waals surface area contributed by atoms with E-state index in [1.807, 2.05) is 4.98 Å². The highest BCUT2D eigenvalue weighted by Gasteiger charge is 2.06. The summed E-state index contributed by atoms with van der Waals surface area (Å²) in [5.74, 6) is 0. The molecule has 0 saturated heterocycles. The molecule has 0 aliphatic carbocycles. The fourth-order valence-electron chi connectivity index (χ4n) is 0.666. The molecule has 0 aliphatic rings. The van der Waals surface area contributed by atoms with E-state index < -0.39 is 21.3 Å². The van der Waals surface area contributed by atoms with Crippen molar-refractivity contribution < 1.29 is 8.42 Å². The van der Waals surface area contributed by atoms with Crippen molar-refractivity contribution in [1.82, 2.24) is 8.96 Å². The topological polar surface area (TPSA) is 89.0 Å². The highest BCUT2D eigenvalue weighted by atomic mass is 32.2. The molecule has 0 bridgehead atoms. The van der Waals surface area contributed by atoms with Crippen LogP contribution in [-0.2, 0) is 10.0 Å². The van der Waals surface area contributed by atoms with Crippen LogP contribution in [0.25, 0.3) is 0 Å². The Morgan fingerprint density at radius 3 is 2.42 bits per heavy atom. The minimum Gasteiger partial charge on any atom is -0.273 e. The van der Waals surface area contributed by atoms with Crippen molar-refractivity contribution in [3.63, 3.8) is 0 Å². The Morgan fingerprint density at radius 1 is 1.42 bits per heavy atom. The molecule has 0 aromatic carbocycles. The smallest absolute Gasteiger partial charge is 0.273 e. The maximum atomic E-state index is 10.8. The van der Waals surface area contributed by atoms with Gasteiger partial charge < -0.3 is 0 Å². The van der Waals surface area contributed by atoms with Gasteiger partial charge in [-0.25, -0.2) is 13.2 Å².